The third kappa shape index (κ3) is 2.42. The summed E-state index contributed by atoms with van der Waals surface area (Å²) < 4.78 is 11.4. The van der Waals surface area contributed by atoms with Crippen molar-refractivity contribution < 1.29 is 8.94 Å². The maximum atomic E-state index is 5.15. The monoisotopic (exact) mass is 264 g/mol. The van der Waals surface area contributed by atoms with Crippen LogP contribution >= 0.6 is 23.1 Å². The molecule has 0 aliphatic rings. The molecule has 3 rings (SSSR count). The minimum Gasteiger partial charge on any atom is -0.472 e. The van der Waals surface area contributed by atoms with Crippen molar-refractivity contribution in [3.8, 4) is 11.5 Å². The number of hydrogen-bond donors (Lipinski definition) is 0. The molecular formula is C11H8N2O2S2. The maximum absolute atomic E-state index is 5.15. The zero-order valence-corrected chi connectivity index (χ0v) is 10.3. The number of nitrogens with zero attached hydrogens (tertiary/aromatic N) is 2. The minimum absolute atomic E-state index is 0.500. The molecule has 0 saturated carbocycles. The summed E-state index contributed by atoms with van der Waals surface area (Å²) >= 11 is 3.41. The third-order valence-corrected chi connectivity index (χ3v) is 4.20. The van der Waals surface area contributed by atoms with Gasteiger partial charge in [0.05, 0.1) is 21.8 Å². The fourth-order valence-electron chi connectivity index (χ4n) is 1.30. The molecule has 0 radical (unpaired) electrons. The fourth-order valence-corrected chi connectivity index (χ4v) is 2.92. The van der Waals surface area contributed by atoms with Crippen LogP contribution in [0.3, 0.4) is 0 Å². The predicted octanol–water partition coefficient (Wildman–Crippen LogP) is 3.68. The molecule has 0 N–H and O–H groups in total. The molecule has 0 aromatic carbocycles. The highest BCUT2D eigenvalue weighted by atomic mass is 32.2. The summed E-state index contributed by atoms with van der Waals surface area (Å²) in [5, 5.41) is 5.98. The van der Waals surface area contributed by atoms with Crippen LogP contribution in [0, 0.1) is 0 Å². The molecular weight excluding hydrogens is 256 g/mol. The zero-order chi connectivity index (χ0) is 11.5. The lowest BCUT2D eigenvalue weighted by Crippen LogP contribution is -1.82. The quantitative estimate of drug-likeness (QED) is 0.673. The van der Waals surface area contributed by atoms with Gasteiger partial charge in [0.2, 0.25) is 0 Å². The van der Waals surface area contributed by atoms with E-state index in [-0.39, 0.29) is 0 Å². The Morgan fingerprint density at radius 1 is 1.35 bits per heavy atom. The topological polar surface area (TPSA) is 52.1 Å². The predicted molar refractivity (Wildman–Crippen MR) is 65.9 cm³/mol. The Labute approximate surface area is 106 Å². The molecule has 3 aromatic rings. The highest BCUT2D eigenvalue weighted by Crippen LogP contribution is 2.27. The lowest BCUT2D eigenvalue weighted by Gasteiger charge is -1.90. The molecule has 17 heavy (non-hydrogen) atoms. The smallest absolute Gasteiger partial charge is 0.261 e. The molecule has 3 heterocycles. The molecule has 0 amide bonds. The van der Waals surface area contributed by atoms with E-state index in [1.54, 1.807) is 41.7 Å². The van der Waals surface area contributed by atoms with Gasteiger partial charge in [0.15, 0.2) is 5.82 Å². The summed E-state index contributed by atoms with van der Waals surface area (Å²) in [6.07, 6.45) is 3.17. The first-order valence-corrected chi connectivity index (χ1v) is 6.80. The lowest BCUT2D eigenvalue weighted by atomic mass is 10.3. The van der Waals surface area contributed by atoms with Gasteiger partial charge in [0.1, 0.15) is 6.26 Å². The van der Waals surface area contributed by atoms with Gasteiger partial charge in [0, 0.05) is 0 Å². The Morgan fingerprint density at radius 3 is 3.12 bits per heavy atom. The Kier molecular flexibility index (Phi) is 2.98. The summed E-state index contributed by atoms with van der Waals surface area (Å²) in [6.45, 7) is 0. The largest absolute Gasteiger partial charge is 0.472 e. The molecule has 86 valence electrons. The first-order valence-electron chi connectivity index (χ1n) is 4.93. The van der Waals surface area contributed by atoms with Gasteiger partial charge in [-0.05, 0) is 17.5 Å². The molecule has 0 fully saturated rings. The van der Waals surface area contributed by atoms with Crippen LogP contribution in [0.1, 0.15) is 5.82 Å². The van der Waals surface area contributed by atoms with Gasteiger partial charge in [-0.15, -0.1) is 23.1 Å². The molecule has 0 atom stereocenters. The fraction of sp³-hybridized carbons (Fsp3) is 0.0909. The van der Waals surface area contributed by atoms with Crippen LogP contribution in [-0.4, -0.2) is 10.1 Å². The summed E-state index contributed by atoms with van der Waals surface area (Å²) in [5.74, 6) is 1.90. The normalized spacial score (nSPS) is 10.8. The zero-order valence-electron chi connectivity index (χ0n) is 8.70. The molecule has 0 spiro atoms. The molecule has 3 aromatic heterocycles. The van der Waals surface area contributed by atoms with Gasteiger partial charge in [-0.1, -0.05) is 11.2 Å². The number of thioether (sulfide) groups is 1. The van der Waals surface area contributed by atoms with Crippen molar-refractivity contribution in [1.82, 2.24) is 10.1 Å². The summed E-state index contributed by atoms with van der Waals surface area (Å²) in [4.78, 5) is 4.30. The molecule has 0 aliphatic heterocycles. The SMILES string of the molecule is c1csc(SCc2noc(-c3ccoc3)n2)c1. The minimum atomic E-state index is 0.500. The van der Waals surface area contributed by atoms with Gasteiger partial charge in [-0.25, -0.2) is 0 Å². The van der Waals surface area contributed by atoms with Crippen LogP contribution < -0.4 is 0 Å². The van der Waals surface area contributed by atoms with Crippen LogP contribution in [0.4, 0.5) is 0 Å². The van der Waals surface area contributed by atoms with Crippen LogP contribution in [0.5, 0.6) is 0 Å². The van der Waals surface area contributed by atoms with Crippen LogP contribution in [0.2, 0.25) is 0 Å². The van der Waals surface area contributed by atoms with E-state index in [9.17, 15) is 0 Å². The number of rotatable bonds is 4. The number of furan rings is 1. The van der Waals surface area contributed by atoms with Crippen molar-refractivity contribution in [3.63, 3.8) is 0 Å². The maximum Gasteiger partial charge on any atom is 0.261 e. The van der Waals surface area contributed by atoms with Gasteiger partial charge in [0.25, 0.3) is 5.89 Å². The van der Waals surface area contributed by atoms with E-state index < -0.39 is 0 Å². The van der Waals surface area contributed by atoms with Crippen molar-refractivity contribution >= 4 is 23.1 Å². The lowest BCUT2D eigenvalue weighted by molar-refractivity contribution is 0.424. The molecule has 0 aliphatic carbocycles. The van der Waals surface area contributed by atoms with Crippen molar-refractivity contribution in [1.29, 1.82) is 0 Å². The number of aromatic nitrogens is 2. The first kappa shape index (κ1) is 10.6. The Morgan fingerprint density at radius 2 is 2.35 bits per heavy atom. The van der Waals surface area contributed by atoms with Crippen LogP contribution in [0.25, 0.3) is 11.5 Å². The first-order chi connectivity index (χ1) is 8.42. The third-order valence-electron chi connectivity index (χ3n) is 2.07. The van der Waals surface area contributed by atoms with E-state index in [0.717, 1.165) is 5.56 Å². The molecule has 0 unspecified atom stereocenters. The highest BCUT2D eigenvalue weighted by Gasteiger charge is 2.10. The second-order valence-electron chi connectivity index (χ2n) is 3.25. The van der Waals surface area contributed by atoms with Crippen molar-refractivity contribution in [2.24, 2.45) is 0 Å². The highest BCUT2D eigenvalue weighted by molar-refractivity contribution is 8.00. The molecule has 6 heteroatoms. The number of thiophene rings is 1. The van der Waals surface area contributed by atoms with E-state index in [4.69, 9.17) is 8.94 Å². The van der Waals surface area contributed by atoms with Gasteiger partial charge < -0.3 is 8.94 Å². The molecule has 4 nitrogen and oxygen atoms in total. The van der Waals surface area contributed by atoms with E-state index in [1.807, 2.05) is 6.07 Å². The van der Waals surface area contributed by atoms with Crippen molar-refractivity contribution in [2.45, 2.75) is 9.96 Å². The van der Waals surface area contributed by atoms with Crippen LogP contribution in [0.15, 0.2) is 49.3 Å². The summed E-state index contributed by atoms with van der Waals surface area (Å²) in [5.41, 5.74) is 0.810. The second-order valence-corrected chi connectivity index (χ2v) is 5.47. The summed E-state index contributed by atoms with van der Waals surface area (Å²) in [6, 6.07) is 5.90. The summed E-state index contributed by atoms with van der Waals surface area (Å²) in [7, 11) is 0. The van der Waals surface area contributed by atoms with E-state index in [1.165, 1.54) is 4.21 Å². The standard InChI is InChI=1S/C11H8N2O2S2/c1-2-10(16-5-1)17-7-9-12-11(15-13-9)8-3-4-14-6-8/h1-6H,7H2. The van der Waals surface area contributed by atoms with Gasteiger partial charge >= 0.3 is 0 Å². The van der Waals surface area contributed by atoms with E-state index in [2.05, 4.69) is 21.6 Å². The Balaban J connectivity index is 1.69. The average molecular weight is 264 g/mol. The Hall–Kier alpha value is -1.53. The number of hydrogen-bond acceptors (Lipinski definition) is 6. The molecule has 0 saturated heterocycles. The van der Waals surface area contributed by atoms with E-state index in [0.29, 0.717) is 17.5 Å². The molecule has 0 bridgehead atoms. The van der Waals surface area contributed by atoms with Crippen LogP contribution in [-0.2, 0) is 5.75 Å². The van der Waals surface area contributed by atoms with Gasteiger partial charge in [-0.2, -0.15) is 4.98 Å². The second kappa shape index (κ2) is 4.77. The average Bonchev–Trinajstić information content (AvgIpc) is 3.09. The van der Waals surface area contributed by atoms with E-state index >= 15 is 0 Å². The Bertz CT molecular complexity index is 572. The van der Waals surface area contributed by atoms with Crippen molar-refractivity contribution in [3.05, 3.63) is 41.9 Å². The van der Waals surface area contributed by atoms with Crippen molar-refractivity contribution in [2.75, 3.05) is 0 Å². The van der Waals surface area contributed by atoms with Gasteiger partial charge in [-0.3, -0.25) is 0 Å².